The maximum Gasteiger partial charge on any atom is 0.410 e. The second-order valence-corrected chi connectivity index (χ2v) is 6.91. The number of nitrogens with one attached hydrogen (secondary N) is 1. The highest BCUT2D eigenvalue weighted by Crippen LogP contribution is 2.49. The molecular formula is C15H13BrN2O3S. The first kappa shape index (κ1) is 15.1. The van der Waals surface area contributed by atoms with Gasteiger partial charge in [0.05, 0.1) is 0 Å². The Morgan fingerprint density at radius 1 is 1.36 bits per heavy atom. The van der Waals surface area contributed by atoms with Crippen molar-refractivity contribution in [1.82, 2.24) is 0 Å². The van der Waals surface area contributed by atoms with Crippen molar-refractivity contribution in [3.8, 4) is 16.2 Å². The highest BCUT2D eigenvalue weighted by molar-refractivity contribution is 9.10. The van der Waals surface area contributed by atoms with Crippen LogP contribution in [0.1, 0.15) is 18.1 Å². The summed E-state index contributed by atoms with van der Waals surface area (Å²) in [6.07, 6.45) is 0.693. The zero-order valence-electron chi connectivity index (χ0n) is 11.7. The molecule has 1 aromatic carbocycles. The number of hydrogen-bond acceptors (Lipinski definition) is 4. The van der Waals surface area contributed by atoms with Crippen LogP contribution in [0.3, 0.4) is 0 Å². The number of rotatable bonds is 2. The molecule has 0 radical (unpaired) electrons. The molecule has 3 N–H and O–H groups in total. The van der Waals surface area contributed by atoms with E-state index in [0.717, 1.165) is 33.3 Å². The summed E-state index contributed by atoms with van der Waals surface area (Å²) in [5.41, 5.74) is 8.40. The van der Waals surface area contributed by atoms with Crippen LogP contribution in [0.4, 0.5) is 9.80 Å². The van der Waals surface area contributed by atoms with Gasteiger partial charge in [-0.3, -0.25) is 4.79 Å². The normalized spacial score (nSPS) is 12.3. The van der Waals surface area contributed by atoms with E-state index >= 15 is 0 Å². The Bertz CT molecular complexity index is 785. The number of halogens is 1. The molecular weight excluding hydrogens is 368 g/mol. The predicted octanol–water partition coefficient (Wildman–Crippen LogP) is 3.69. The van der Waals surface area contributed by atoms with Crippen LogP contribution in [0, 0.1) is 0 Å². The van der Waals surface area contributed by atoms with Crippen LogP contribution < -0.4 is 15.8 Å². The molecule has 0 spiro atoms. The van der Waals surface area contributed by atoms with Crippen molar-refractivity contribution in [2.45, 2.75) is 19.8 Å². The number of primary amides is 1. The molecule has 22 heavy (non-hydrogen) atoms. The maximum absolute atomic E-state index is 11.4. The van der Waals surface area contributed by atoms with E-state index in [1.807, 2.05) is 12.1 Å². The number of carbonyl (C=O) groups is 2. The topological polar surface area (TPSA) is 81.4 Å². The van der Waals surface area contributed by atoms with Gasteiger partial charge in [-0.15, -0.1) is 11.3 Å². The lowest BCUT2D eigenvalue weighted by molar-refractivity contribution is -0.114. The van der Waals surface area contributed by atoms with Crippen molar-refractivity contribution in [2.75, 3.05) is 5.32 Å². The van der Waals surface area contributed by atoms with Gasteiger partial charge in [0.2, 0.25) is 5.91 Å². The number of anilines is 1. The second-order valence-electron chi connectivity index (χ2n) is 4.97. The fourth-order valence-corrected chi connectivity index (χ4v) is 4.29. The Hall–Kier alpha value is -1.86. The van der Waals surface area contributed by atoms with Crippen LogP contribution in [-0.2, 0) is 17.6 Å². The summed E-state index contributed by atoms with van der Waals surface area (Å²) in [7, 11) is 0. The molecule has 0 saturated carbocycles. The van der Waals surface area contributed by atoms with Crippen LogP contribution in [0.25, 0.3) is 10.4 Å². The lowest BCUT2D eigenvalue weighted by atomic mass is 9.91. The first-order valence-electron chi connectivity index (χ1n) is 6.65. The van der Waals surface area contributed by atoms with E-state index in [1.54, 1.807) is 0 Å². The van der Waals surface area contributed by atoms with Crippen molar-refractivity contribution in [3.05, 3.63) is 33.8 Å². The smallest absolute Gasteiger partial charge is 0.407 e. The third-order valence-electron chi connectivity index (χ3n) is 3.41. The zero-order chi connectivity index (χ0) is 15.9. The van der Waals surface area contributed by atoms with Crippen LogP contribution in [0.5, 0.6) is 5.75 Å². The number of fused-ring (bicyclic) bond motifs is 3. The number of carbonyl (C=O) groups excluding carboxylic acids is 2. The number of thiophene rings is 1. The Balaban J connectivity index is 2.15. The third kappa shape index (κ3) is 2.74. The van der Waals surface area contributed by atoms with Crippen molar-refractivity contribution in [3.63, 3.8) is 0 Å². The molecule has 2 amide bonds. The van der Waals surface area contributed by atoms with Crippen LogP contribution >= 0.6 is 27.3 Å². The van der Waals surface area contributed by atoms with Gasteiger partial charge in [0.15, 0.2) is 5.75 Å². The summed E-state index contributed by atoms with van der Waals surface area (Å²) < 4.78 is 6.18. The molecule has 0 bridgehead atoms. The number of ether oxygens (including phenoxy) is 1. The largest absolute Gasteiger partial charge is 0.410 e. The summed E-state index contributed by atoms with van der Waals surface area (Å²) in [6, 6.07) is 6.09. The zero-order valence-corrected chi connectivity index (χ0v) is 14.1. The minimum absolute atomic E-state index is 0.219. The molecule has 0 fully saturated rings. The second kappa shape index (κ2) is 5.73. The van der Waals surface area contributed by atoms with E-state index in [9.17, 15) is 9.59 Å². The van der Waals surface area contributed by atoms with Crippen molar-refractivity contribution in [2.24, 2.45) is 5.73 Å². The van der Waals surface area contributed by atoms with E-state index in [-0.39, 0.29) is 5.91 Å². The number of hydrogen-bond donors (Lipinski definition) is 2. The summed E-state index contributed by atoms with van der Waals surface area (Å²) in [4.78, 5) is 23.5. The lowest BCUT2D eigenvalue weighted by Crippen LogP contribution is -2.18. The number of amides is 2. The molecule has 0 atom stereocenters. The first-order valence-corrected chi connectivity index (χ1v) is 8.26. The number of benzene rings is 1. The van der Waals surface area contributed by atoms with Crippen molar-refractivity contribution < 1.29 is 14.3 Å². The molecule has 0 aliphatic heterocycles. The fourth-order valence-electron chi connectivity index (χ4n) is 2.60. The van der Waals surface area contributed by atoms with Gasteiger partial charge >= 0.3 is 6.09 Å². The van der Waals surface area contributed by atoms with E-state index in [2.05, 4.69) is 27.3 Å². The molecule has 0 unspecified atom stereocenters. The molecule has 3 rings (SSSR count). The highest BCUT2D eigenvalue weighted by atomic mass is 79.9. The molecule has 114 valence electrons. The van der Waals surface area contributed by atoms with Crippen molar-refractivity contribution in [1.29, 1.82) is 0 Å². The molecule has 1 aliphatic rings. The minimum atomic E-state index is -0.881. The SMILES string of the molecule is CC(=O)Nc1sc2c(c1OC(N)=O)CCc1cc(Br)ccc1-2. The standard InChI is InChI=1S/C15H13BrN2O3S/c1-7(19)18-14-12(21-15(17)20)11-4-2-8-6-9(16)3-5-10(8)13(11)22-14/h3,5-6H,2,4H2,1H3,(H2,17,20)(H,18,19). The van der Waals surface area contributed by atoms with E-state index < -0.39 is 6.09 Å². The number of nitrogens with two attached hydrogens (primary N) is 1. The Labute approximate surface area is 139 Å². The summed E-state index contributed by atoms with van der Waals surface area (Å²) in [5.74, 6) is 0.153. The average molecular weight is 381 g/mol. The Morgan fingerprint density at radius 2 is 2.14 bits per heavy atom. The molecule has 1 aromatic heterocycles. The molecule has 7 heteroatoms. The Morgan fingerprint density at radius 3 is 2.82 bits per heavy atom. The summed E-state index contributed by atoms with van der Waals surface area (Å²) in [6.45, 7) is 1.41. The van der Waals surface area contributed by atoms with E-state index in [4.69, 9.17) is 10.5 Å². The highest BCUT2D eigenvalue weighted by Gasteiger charge is 2.27. The van der Waals surface area contributed by atoms with E-state index in [0.29, 0.717) is 10.8 Å². The molecule has 0 saturated heterocycles. The molecule has 2 aromatic rings. The van der Waals surface area contributed by atoms with Gasteiger partial charge in [-0.2, -0.15) is 0 Å². The summed E-state index contributed by atoms with van der Waals surface area (Å²) in [5, 5.41) is 3.24. The minimum Gasteiger partial charge on any atom is -0.407 e. The lowest BCUT2D eigenvalue weighted by Gasteiger charge is -2.17. The van der Waals surface area contributed by atoms with Crippen molar-refractivity contribution >= 4 is 44.3 Å². The van der Waals surface area contributed by atoms with Crippen LogP contribution in [-0.4, -0.2) is 12.0 Å². The van der Waals surface area contributed by atoms with Gasteiger partial charge in [-0.25, -0.2) is 4.79 Å². The number of aryl methyl sites for hydroxylation is 1. The fraction of sp³-hybridized carbons (Fsp3) is 0.200. The van der Waals surface area contributed by atoms with Gasteiger partial charge < -0.3 is 15.8 Å². The third-order valence-corrected chi connectivity index (χ3v) is 5.06. The van der Waals surface area contributed by atoms with Gasteiger partial charge in [-0.1, -0.05) is 22.0 Å². The maximum atomic E-state index is 11.4. The van der Waals surface area contributed by atoms with Gasteiger partial charge in [0, 0.05) is 21.8 Å². The predicted molar refractivity (Wildman–Crippen MR) is 89.4 cm³/mol. The molecule has 1 aliphatic carbocycles. The monoisotopic (exact) mass is 380 g/mol. The van der Waals surface area contributed by atoms with Gasteiger partial charge in [0.1, 0.15) is 5.00 Å². The molecule has 1 heterocycles. The van der Waals surface area contributed by atoms with Crippen LogP contribution in [0.2, 0.25) is 0 Å². The van der Waals surface area contributed by atoms with Gasteiger partial charge in [-0.05, 0) is 36.1 Å². The van der Waals surface area contributed by atoms with Gasteiger partial charge in [0.25, 0.3) is 0 Å². The summed E-state index contributed by atoms with van der Waals surface area (Å²) >= 11 is 4.88. The van der Waals surface area contributed by atoms with Crippen LogP contribution in [0.15, 0.2) is 22.7 Å². The first-order chi connectivity index (χ1) is 10.5. The molecule has 5 nitrogen and oxygen atoms in total. The average Bonchev–Trinajstić information content (AvgIpc) is 2.75. The Kier molecular flexibility index (Phi) is 3.92. The quantitative estimate of drug-likeness (QED) is 0.833. The van der Waals surface area contributed by atoms with E-state index in [1.165, 1.54) is 23.8 Å².